The maximum absolute atomic E-state index is 12.6. The van der Waals surface area contributed by atoms with Gasteiger partial charge in [0.25, 0.3) is 0 Å². The molecule has 0 spiro atoms. The fourth-order valence-electron chi connectivity index (χ4n) is 15.5. The molecule has 2 N–H and O–H groups in total. The van der Waals surface area contributed by atoms with E-state index >= 15 is 0 Å². The van der Waals surface area contributed by atoms with Gasteiger partial charge in [-0.2, -0.15) is 0 Å². The van der Waals surface area contributed by atoms with Crippen LogP contribution in [0.1, 0.15) is 407 Å². The molecule has 0 aromatic carbocycles. The second-order valence-corrected chi connectivity index (χ2v) is 37.4. The van der Waals surface area contributed by atoms with Gasteiger partial charge < -0.3 is 57.2 Å². The number of amides is 2. The molecule has 2 saturated heterocycles. The predicted octanol–water partition coefficient (Wildman–Crippen LogP) is 21.8. The molecule has 0 radical (unpaired) electrons. The molecule has 120 heavy (non-hydrogen) atoms. The van der Waals surface area contributed by atoms with Gasteiger partial charge in [0, 0.05) is 79.2 Å². The Bertz CT molecular complexity index is 2380. The highest BCUT2D eigenvalue weighted by molar-refractivity contribution is 5.76. The Morgan fingerprint density at radius 3 is 0.892 bits per heavy atom. The van der Waals surface area contributed by atoms with Crippen molar-refractivity contribution in [3.05, 3.63) is 24.3 Å². The fourth-order valence-corrected chi connectivity index (χ4v) is 15.5. The van der Waals surface area contributed by atoms with Gasteiger partial charge >= 0.3 is 29.8 Å². The van der Waals surface area contributed by atoms with Crippen LogP contribution in [-0.4, -0.2) is 232 Å². The predicted molar refractivity (Wildman–Crippen MR) is 495 cm³/mol. The second kappa shape index (κ2) is 79.2. The number of esters is 5. The SMILES string of the molecule is CC(=O)OCC[N+](C)(C)CCCCCCCCCCCOC(=O)CCCCCCCCCCCCCCCCC(=O)OCCCCCCCCCCC[N+](C)(C)CCOC(C)=O.CCCCCC1OC1CC=CCCCCCCCC(=O)NCCN(CCNC(=O)CCCCCCCC=CCC1OC1CCCCC)CC[N+](C)(C)CCOC(C)=O. The zero-order valence-electron chi connectivity index (χ0n) is 79.9. The summed E-state index contributed by atoms with van der Waals surface area (Å²) in [6.07, 6.45) is 78.4. The average molecular weight is 1700 g/mol. The normalized spacial score (nSPS) is 15.3. The molecule has 2 aliphatic rings. The van der Waals surface area contributed by atoms with Crippen molar-refractivity contribution < 1.29 is 80.2 Å². The number of nitrogens with zero attached hydrogens (tertiary/aromatic N) is 4. The van der Waals surface area contributed by atoms with Gasteiger partial charge in [-0.1, -0.05) is 269 Å². The van der Waals surface area contributed by atoms with Crippen molar-refractivity contribution in [3.63, 3.8) is 0 Å². The molecule has 4 atom stereocenters. The van der Waals surface area contributed by atoms with Crippen LogP contribution >= 0.6 is 0 Å². The van der Waals surface area contributed by atoms with Gasteiger partial charge in [-0.05, 0) is 116 Å². The highest BCUT2D eigenvalue weighted by atomic mass is 16.6. The molecule has 702 valence electrons. The topological polar surface area (TPSA) is 218 Å². The number of likely N-dealkylation sites (N-methyl/N-ethyl adjacent to an activating group) is 3. The third-order valence-corrected chi connectivity index (χ3v) is 24.1. The van der Waals surface area contributed by atoms with Crippen LogP contribution < -0.4 is 10.6 Å². The van der Waals surface area contributed by atoms with Gasteiger partial charge in [0.15, 0.2) is 0 Å². The Morgan fingerprint density at radius 2 is 0.575 bits per heavy atom. The number of quaternary nitrogens is 3. The summed E-state index contributed by atoms with van der Waals surface area (Å²) in [6, 6.07) is 0. The van der Waals surface area contributed by atoms with Crippen LogP contribution in [0.2, 0.25) is 0 Å². The lowest BCUT2D eigenvalue weighted by Gasteiger charge is -2.32. The van der Waals surface area contributed by atoms with Gasteiger partial charge in [0.1, 0.15) is 39.5 Å². The van der Waals surface area contributed by atoms with Gasteiger partial charge in [-0.25, -0.2) is 0 Å². The van der Waals surface area contributed by atoms with E-state index in [-0.39, 0.29) is 41.7 Å². The molecule has 0 aromatic rings. The van der Waals surface area contributed by atoms with Crippen LogP contribution in [0.15, 0.2) is 24.3 Å². The summed E-state index contributed by atoms with van der Waals surface area (Å²) in [5.74, 6) is -0.441. The van der Waals surface area contributed by atoms with Crippen molar-refractivity contribution in [3.8, 4) is 0 Å². The number of nitrogens with one attached hydrogen (secondary N) is 2. The maximum atomic E-state index is 12.6. The van der Waals surface area contributed by atoms with E-state index in [1.54, 1.807) is 0 Å². The van der Waals surface area contributed by atoms with E-state index in [0.717, 1.165) is 175 Å². The molecular weight excluding hydrogens is 1510 g/mol. The summed E-state index contributed by atoms with van der Waals surface area (Å²) in [6.45, 7) is 20.5. The number of hydrogen-bond acceptors (Lipinski definition) is 15. The van der Waals surface area contributed by atoms with Crippen molar-refractivity contribution >= 4 is 41.7 Å². The monoisotopic (exact) mass is 1700 g/mol. The van der Waals surface area contributed by atoms with Crippen molar-refractivity contribution in [2.75, 3.05) is 147 Å². The van der Waals surface area contributed by atoms with Crippen LogP contribution in [-0.2, 0) is 66.7 Å². The van der Waals surface area contributed by atoms with Crippen molar-refractivity contribution in [1.82, 2.24) is 15.5 Å². The summed E-state index contributed by atoms with van der Waals surface area (Å²) in [4.78, 5) is 84.8. The molecule has 4 unspecified atom stereocenters. The summed E-state index contributed by atoms with van der Waals surface area (Å²) in [5.41, 5.74) is 0. The number of allylic oxidation sites excluding steroid dienone is 2. The van der Waals surface area contributed by atoms with Gasteiger partial charge in [-0.3, -0.25) is 38.5 Å². The van der Waals surface area contributed by atoms with Crippen LogP contribution in [0.3, 0.4) is 0 Å². The zero-order chi connectivity index (χ0) is 87.9. The van der Waals surface area contributed by atoms with Crippen LogP contribution in [0.5, 0.6) is 0 Å². The Balaban J connectivity index is 0.00000120. The van der Waals surface area contributed by atoms with E-state index in [2.05, 4.69) is 96.0 Å². The molecule has 0 aromatic heterocycles. The maximum Gasteiger partial charge on any atom is 0.305 e. The second-order valence-electron chi connectivity index (χ2n) is 37.4. The molecule has 2 amide bonds. The Hall–Kier alpha value is -4.47. The molecule has 2 heterocycles. The van der Waals surface area contributed by atoms with Gasteiger partial charge in [0.05, 0.1) is 99.5 Å². The third kappa shape index (κ3) is 80.6. The van der Waals surface area contributed by atoms with Gasteiger partial charge in [-0.15, -0.1) is 0 Å². The Morgan fingerprint density at radius 1 is 0.292 bits per heavy atom. The Labute approximate surface area is 736 Å². The molecule has 20 nitrogen and oxygen atoms in total. The number of rotatable bonds is 87. The summed E-state index contributed by atoms with van der Waals surface area (Å²) < 4.78 is 40.4. The van der Waals surface area contributed by atoms with E-state index in [9.17, 15) is 33.6 Å². The molecule has 2 aliphatic heterocycles. The number of hydrogen-bond donors (Lipinski definition) is 2. The molecule has 2 rings (SSSR count). The van der Waals surface area contributed by atoms with Crippen LogP contribution in [0.4, 0.5) is 0 Å². The van der Waals surface area contributed by atoms with Crippen molar-refractivity contribution in [1.29, 1.82) is 0 Å². The number of epoxide rings is 2. The lowest BCUT2D eigenvalue weighted by Crippen LogP contribution is -2.49. The smallest absolute Gasteiger partial charge is 0.305 e. The minimum Gasteiger partial charge on any atom is -0.466 e. The molecule has 20 heteroatoms. The lowest BCUT2D eigenvalue weighted by atomic mass is 10.0. The number of unbranched alkanes of at least 4 members (excludes halogenated alkanes) is 43. The molecule has 2 fully saturated rings. The number of carbonyl (C=O) groups excluding carboxylic acids is 7. The molecule has 0 saturated carbocycles. The first-order valence-electron chi connectivity index (χ1n) is 50.0. The standard InChI is InChI=1S/C52H102N2O8.C48H88N4O6/c1-49(55)59-47-43-53(3,4)41-35-29-23-17-13-19-25-31-37-45-61-51(57)39-33-27-21-15-11-9-7-8-10-12-16-22-28-34-40-52(58)62-46-38-32-26-20-14-18-24-30-36-42-54(5,6)44-48-60-50(2)56;1-6-8-22-28-43-45(57-43)30-24-18-14-10-12-16-20-26-32-47(54)49-34-36-51(38-39-52(4,5)40-41-56-42(3)53)37-35-50-48(55)33-27-21-17-13-11-15-19-25-31-46-44(58-46)29-23-9-7-2/h7-48H2,1-6H3;18-19,24-25,43-46H,6-17,20-23,26-41H2,1-5H3,(H-,49,50,54,55)/q+2;/p+1. The lowest BCUT2D eigenvalue weighted by molar-refractivity contribution is -0.890. The van der Waals surface area contributed by atoms with E-state index in [1.807, 2.05) is 0 Å². The highest BCUT2D eigenvalue weighted by Crippen LogP contribution is 2.32. The van der Waals surface area contributed by atoms with E-state index < -0.39 is 0 Å². The number of carbonyl (C=O) groups is 7. The first-order valence-corrected chi connectivity index (χ1v) is 50.0. The zero-order valence-corrected chi connectivity index (χ0v) is 79.9. The molecule has 0 aliphatic carbocycles. The first kappa shape index (κ1) is 114. The van der Waals surface area contributed by atoms with E-state index in [0.29, 0.717) is 96.2 Å². The summed E-state index contributed by atoms with van der Waals surface area (Å²) in [7, 11) is 13.1. The van der Waals surface area contributed by atoms with E-state index in [4.69, 9.17) is 33.2 Å². The van der Waals surface area contributed by atoms with Crippen molar-refractivity contribution in [2.45, 2.75) is 431 Å². The highest BCUT2D eigenvalue weighted by Gasteiger charge is 2.37. The summed E-state index contributed by atoms with van der Waals surface area (Å²) in [5, 5.41) is 6.26. The minimum atomic E-state index is -0.254. The Kier molecular flexibility index (Phi) is 74.9. The average Bonchev–Trinajstić information content (AvgIpc) is 1.71. The quantitative estimate of drug-likeness (QED) is 0.0144. The minimum absolute atomic E-state index is 0.0192. The van der Waals surface area contributed by atoms with Gasteiger partial charge in [0.2, 0.25) is 11.8 Å². The van der Waals surface area contributed by atoms with Crippen LogP contribution in [0, 0.1) is 0 Å². The first-order chi connectivity index (χ1) is 58.0. The number of ether oxygens (including phenoxy) is 7. The van der Waals surface area contributed by atoms with Crippen LogP contribution in [0.25, 0.3) is 0 Å². The largest absolute Gasteiger partial charge is 0.466 e. The van der Waals surface area contributed by atoms with E-state index in [1.165, 1.54) is 265 Å². The fraction of sp³-hybridized carbons (Fsp3) is 0.890. The summed E-state index contributed by atoms with van der Waals surface area (Å²) >= 11 is 0. The molecule has 0 bridgehead atoms. The van der Waals surface area contributed by atoms with Crippen molar-refractivity contribution in [2.24, 2.45) is 0 Å². The molecular formula is C100H191N6O14+3. The third-order valence-electron chi connectivity index (χ3n) is 24.1.